The fourth-order valence-corrected chi connectivity index (χ4v) is 2.14. The summed E-state index contributed by atoms with van der Waals surface area (Å²) >= 11 is 5.57. The molecule has 4 nitrogen and oxygen atoms in total. The van der Waals surface area contributed by atoms with Gasteiger partial charge in [-0.25, -0.2) is 0 Å². The molecule has 1 amide bonds. The molecule has 0 aromatic carbocycles. The summed E-state index contributed by atoms with van der Waals surface area (Å²) in [5.41, 5.74) is 2.00. The molecule has 0 aliphatic rings. The summed E-state index contributed by atoms with van der Waals surface area (Å²) in [5, 5.41) is 2.90. The van der Waals surface area contributed by atoms with E-state index < -0.39 is 0 Å². The molecule has 0 radical (unpaired) electrons. The van der Waals surface area contributed by atoms with Crippen molar-refractivity contribution in [2.75, 3.05) is 5.88 Å². The Balaban J connectivity index is 2.94. The molecular formula is C14H21ClN2O2. The number of aromatic nitrogens is 1. The predicted molar refractivity (Wildman–Crippen MR) is 76.9 cm³/mol. The van der Waals surface area contributed by atoms with Crippen molar-refractivity contribution < 1.29 is 9.59 Å². The van der Waals surface area contributed by atoms with E-state index >= 15 is 0 Å². The highest BCUT2D eigenvalue weighted by molar-refractivity contribution is 6.30. The number of carbonyl (C=O) groups is 2. The maximum absolute atomic E-state index is 11.9. The number of carbonyl (C=O) groups excluding carboxylic acids is 2. The molecular weight excluding hydrogens is 264 g/mol. The molecule has 5 heteroatoms. The minimum absolute atomic E-state index is 0.0432. The van der Waals surface area contributed by atoms with Crippen molar-refractivity contribution in [3.63, 3.8) is 0 Å². The van der Waals surface area contributed by atoms with Crippen LogP contribution in [0.4, 0.5) is 0 Å². The number of aryl methyl sites for hydroxylation is 1. The molecule has 0 spiro atoms. The van der Waals surface area contributed by atoms with Gasteiger partial charge in [-0.3, -0.25) is 9.59 Å². The van der Waals surface area contributed by atoms with Crippen LogP contribution in [-0.4, -0.2) is 27.7 Å². The zero-order chi connectivity index (χ0) is 14.8. The summed E-state index contributed by atoms with van der Waals surface area (Å²) < 4.78 is 1.83. The van der Waals surface area contributed by atoms with Gasteiger partial charge >= 0.3 is 0 Å². The summed E-state index contributed by atoms with van der Waals surface area (Å²) in [6.07, 6.45) is 0. The van der Waals surface area contributed by atoms with Crippen LogP contribution in [0.3, 0.4) is 0 Å². The van der Waals surface area contributed by atoms with Crippen molar-refractivity contribution in [3.05, 3.63) is 23.0 Å². The maximum Gasteiger partial charge on any atom is 0.240 e. The summed E-state index contributed by atoms with van der Waals surface area (Å²) in [4.78, 5) is 23.6. The number of hydrogen-bond donors (Lipinski definition) is 1. The topological polar surface area (TPSA) is 51.1 Å². The molecule has 0 aliphatic carbocycles. The lowest BCUT2D eigenvalue weighted by atomic mass is 10.1. The van der Waals surface area contributed by atoms with Crippen molar-refractivity contribution >= 4 is 23.3 Å². The second-order valence-electron chi connectivity index (χ2n) is 5.73. The highest BCUT2D eigenvalue weighted by Gasteiger charge is 2.18. The third kappa shape index (κ3) is 4.10. The van der Waals surface area contributed by atoms with Crippen molar-refractivity contribution in [2.45, 2.75) is 46.7 Å². The van der Waals surface area contributed by atoms with E-state index in [1.807, 2.05) is 39.2 Å². The van der Waals surface area contributed by atoms with Gasteiger partial charge in [-0.1, -0.05) is 0 Å². The molecule has 0 fully saturated rings. The van der Waals surface area contributed by atoms with E-state index in [0.717, 1.165) is 11.4 Å². The van der Waals surface area contributed by atoms with Gasteiger partial charge in [0.2, 0.25) is 5.91 Å². The van der Waals surface area contributed by atoms with Crippen LogP contribution < -0.4 is 5.32 Å². The van der Waals surface area contributed by atoms with E-state index in [0.29, 0.717) is 5.56 Å². The first-order valence-corrected chi connectivity index (χ1v) is 6.76. The zero-order valence-electron chi connectivity index (χ0n) is 12.1. The summed E-state index contributed by atoms with van der Waals surface area (Å²) in [5.74, 6) is -0.227. The van der Waals surface area contributed by atoms with Crippen LogP contribution in [0.2, 0.25) is 0 Å². The molecule has 1 rings (SSSR count). The molecule has 106 valence electrons. The van der Waals surface area contributed by atoms with Gasteiger partial charge in [0, 0.05) is 22.5 Å². The second kappa shape index (κ2) is 5.78. The van der Waals surface area contributed by atoms with Crippen molar-refractivity contribution in [1.82, 2.24) is 9.88 Å². The Hall–Kier alpha value is -1.29. The first-order valence-electron chi connectivity index (χ1n) is 6.22. The molecule has 0 unspecified atom stereocenters. The van der Waals surface area contributed by atoms with E-state index in [1.54, 1.807) is 6.07 Å². The van der Waals surface area contributed by atoms with E-state index in [-0.39, 0.29) is 29.7 Å². The first-order chi connectivity index (χ1) is 8.65. The van der Waals surface area contributed by atoms with E-state index in [2.05, 4.69) is 5.32 Å². The lowest BCUT2D eigenvalue weighted by Gasteiger charge is -2.21. The number of halogens is 1. The van der Waals surface area contributed by atoms with Gasteiger partial charge in [-0.15, -0.1) is 11.6 Å². The van der Waals surface area contributed by atoms with Crippen molar-refractivity contribution in [3.8, 4) is 0 Å². The summed E-state index contributed by atoms with van der Waals surface area (Å²) in [6, 6.07) is 1.78. The number of alkyl halides is 1. The van der Waals surface area contributed by atoms with Crippen LogP contribution in [0.25, 0.3) is 0 Å². The molecule has 0 saturated heterocycles. The molecule has 0 bridgehead atoms. The van der Waals surface area contributed by atoms with Gasteiger partial charge in [0.05, 0.1) is 5.88 Å². The van der Waals surface area contributed by atoms with Crippen LogP contribution in [0.15, 0.2) is 6.07 Å². The Bertz CT molecular complexity index is 498. The Morgan fingerprint density at radius 2 is 1.89 bits per heavy atom. The lowest BCUT2D eigenvalue weighted by molar-refractivity contribution is -0.123. The van der Waals surface area contributed by atoms with Gasteiger partial charge in [0.1, 0.15) is 6.54 Å². The first kappa shape index (κ1) is 15.8. The van der Waals surface area contributed by atoms with E-state index in [4.69, 9.17) is 11.6 Å². The van der Waals surface area contributed by atoms with Crippen LogP contribution in [0.1, 0.15) is 42.5 Å². The van der Waals surface area contributed by atoms with Crippen LogP contribution in [0.5, 0.6) is 0 Å². The third-order valence-electron chi connectivity index (χ3n) is 2.81. The number of nitrogens with zero attached hydrogens (tertiary/aromatic N) is 1. The van der Waals surface area contributed by atoms with Gasteiger partial charge in [-0.05, 0) is 40.7 Å². The number of nitrogens with one attached hydrogen (secondary N) is 1. The molecule has 0 saturated carbocycles. The molecule has 1 heterocycles. The fourth-order valence-electron chi connectivity index (χ4n) is 2.00. The highest BCUT2D eigenvalue weighted by Crippen LogP contribution is 2.16. The fraction of sp³-hybridized carbons (Fsp3) is 0.571. The predicted octanol–water partition coefficient (Wildman–Crippen LogP) is 2.44. The average molecular weight is 285 g/mol. The lowest BCUT2D eigenvalue weighted by Crippen LogP contribution is -2.42. The number of Topliss-reactive ketones (excluding diaryl/α,β-unsaturated/α-hetero) is 1. The quantitative estimate of drug-likeness (QED) is 0.682. The number of amides is 1. The smallest absolute Gasteiger partial charge is 0.240 e. The van der Waals surface area contributed by atoms with Crippen LogP contribution in [0, 0.1) is 13.8 Å². The number of rotatable bonds is 4. The number of hydrogen-bond acceptors (Lipinski definition) is 2. The number of ketones is 1. The Morgan fingerprint density at radius 3 is 2.37 bits per heavy atom. The Labute approximate surface area is 119 Å². The highest BCUT2D eigenvalue weighted by atomic mass is 35.5. The molecule has 19 heavy (non-hydrogen) atoms. The van der Waals surface area contributed by atoms with Gasteiger partial charge in [0.25, 0.3) is 0 Å². The zero-order valence-corrected chi connectivity index (χ0v) is 12.9. The Kier molecular flexibility index (Phi) is 4.80. The van der Waals surface area contributed by atoms with Crippen molar-refractivity contribution in [2.24, 2.45) is 0 Å². The normalized spacial score (nSPS) is 11.5. The molecule has 1 N–H and O–H groups in total. The monoisotopic (exact) mass is 284 g/mol. The van der Waals surface area contributed by atoms with Gasteiger partial charge in [0.15, 0.2) is 5.78 Å². The van der Waals surface area contributed by atoms with E-state index in [9.17, 15) is 9.59 Å². The largest absolute Gasteiger partial charge is 0.350 e. The molecule has 0 atom stereocenters. The molecule has 1 aromatic rings. The molecule has 0 aliphatic heterocycles. The minimum atomic E-state index is -0.263. The van der Waals surface area contributed by atoms with E-state index in [1.165, 1.54) is 0 Å². The third-order valence-corrected chi connectivity index (χ3v) is 3.05. The van der Waals surface area contributed by atoms with Crippen molar-refractivity contribution in [1.29, 1.82) is 0 Å². The standard InChI is InChI=1S/C14H21ClN2O2/c1-9-6-11(12(18)7-15)10(2)17(9)8-13(19)16-14(3,4)5/h6H,7-8H2,1-5H3,(H,16,19). The summed E-state index contributed by atoms with van der Waals surface area (Å²) in [6.45, 7) is 9.72. The summed E-state index contributed by atoms with van der Waals surface area (Å²) in [7, 11) is 0. The second-order valence-corrected chi connectivity index (χ2v) is 5.99. The van der Waals surface area contributed by atoms with Crippen LogP contribution >= 0.6 is 11.6 Å². The maximum atomic E-state index is 11.9. The minimum Gasteiger partial charge on any atom is -0.350 e. The Morgan fingerprint density at radius 1 is 1.32 bits per heavy atom. The average Bonchev–Trinajstić information content (AvgIpc) is 2.53. The SMILES string of the molecule is Cc1cc(C(=O)CCl)c(C)n1CC(=O)NC(C)(C)C. The molecule has 1 aromatic heterocycles. The van der Waals surface area contributed by atoms with Gasteiger partial charge < -0.3 is 9.88 Å². The van der Waals surface area contributed by atoms with Crippen LogP contribution in [-0.2, 0) is 11.3 Å². The van der Waals surface area contributed by atoms with Gasteiger partial charge in [-0.2, -0.15) is 0 Å².